The summed E-state index contributed by atoms with van der Waals surface area (Å²) in [6, 6.07) is 9.21. The van der Waals surface area contributed by atoms with E-state index in [4.69, 9.17) is 14.2 Å². The van der Waals surface area contributed by atoms with Crippen molar-refractivity contribution in [3.8, 4) is 22.6 Å². The monoisotopic (exact) mass is 432 g/mol. The van der Waals surface area contributed by atoms with E-state index in [0.717, 1.165) is 40.8 Å². The lowest BCUT2D eigenvalue weighted by atomic mass is 9.93. The first-order valence-corrected chi connectivity index (χ1v) is 12.0. The maximum Gasteiger partial charge on any atom is 0.337 e. The van der Waals surface area contributed by atoms with Crippen LogP contribution in [0.25, 0.3) is 11.1 Å². The first-order valence-electron chi connectivity index (χ1n) is 9.99. The van der Waals surface area contributed by atoms with E-state index in [9.17, 15) is 13.2 Å². The van der Waals surface area contributed by atoms with Gasteiger partial charge in [0.05, 0.1) is 31.1 Å². The van der Waals surface area contributed by atoms with E-state index in [0.29, 0.717) is 24.3 Å². The minimum absolute atomic E-state index is 0.102. The van der Waals surface area contributed by atoms with Crippen LogP contribution in [-0.2, 0) is 14.6 Å². The van der Waals surface area contributed by atoms with Gasteiger partial charge in [0, 0.05) is 11.8 Å². The van der Waals surface area contributed by atoms with Gasteiger partial charge in [-0.2, -0.15) is 0 Å². The Morgan fingerprint density at radius 1 is 1.10 bits per heavy atom. The zero-order valence-corrected chi connectivity index (χ0v) is 18.7. The first-order chi connectivity index (χ1) is 14.2. The smallest absolute Gasteiger partial charge is 0.337 e. The van der Waals surface area contributed by atoms with Crippen LogP contribution in [0.1, 0.15) is 40.7 Å². The van der Waals surface area contributed by atoms with E-state index >= 15 is 0 Å². The Morgan fingerprint density at radius 3 is 2.33 bits per heavy atom. The Hall–Kier alpha value is -2.54. The number of benzene rings is 2. The summed E-state index contributed by atoms with van der Waals surface area (Å²) >= 11 is 0. The highest BCUT2D eigenvalue weighted by Crippen LogP contribution is 2.40. The summed E-state index contributed by atoms with van der Waals surface area (Å²) in [5.41, 5.74) is 4.27. The van der Waals surface area contributed by atoms with Crippen molar-refractivity contribution in [3.05, 3.63) is 47.0 Å². The van der Waals surface area contributed by atoms with Crippen molar-refractivity contribution < 1.29 is 27.4 Å². The predicted molar refractivity (Wildman–Crippen MR) is 116 cm³/mol. The van der Waals surface area contributed by atoms with Crippen molar-refractivity contribution in [1.29, 1.82) is 0 Å². The number of esters is 1. The van der Waals surface area contributed by atoms with Crippen LogP contribution < -0.4 is 9.47 Å². The molecule has 2 aromatic carbocycles. The van der Waals surface area contributed by atoms with Gasteiger partial charge in [0.15, 0.2) is 0 Å². The van der Waals surface area contributed by atoms with Gasteiger partial charge in [0.1, 0.15) is 21.3 Å². The number of carbonyl (C=O) groups is 1. The molecule has 0 radical (unpaired) electrons. The van der Waals surface area contributed by atoms with Crippen molar-refractivity contribution in [2.24, 2.45) is 0 Å². The van der Waals surface area contributed by atoms with Gasteiger partial charge in [-0.15, -0.1) is 0 Å². The lowest BCUT2D eigenvalue weighted by Crippen LogP contribution is -2.08. The second-order valence-electron chi connectivity index (χ2n) is 7.78. The Balaban J connectivity index is 1.89. The molecule has 0 saturated heterocycles. The van der Waals surface area contributed by atoms with Gasteiger partial charge in [-0.1, -0.05) is 0 Å². The summed E-state index contributed by atoms with van der Waals surface area (Å²) in [6.07, 6.45) is 3.97. The fraction of sp³-hybridized carbons (Fsp3) is 0.435. The van der Waals surface area contributed by atoms with Gasteiger partial charge >= 0.3 is 5.97 Å². The zero-order chi connectivity index (χ0) is 21.9. The molecule has 0 spiro atoms. The van der Waals surface area contributed by atoms with E-state index in [-0.39, 0.29) is 11.9 Å². The average Bonchev–Trinajstić information content (AvgIpc) is 3.48. The third kappa shape index (κ3) is 5.75. The van der Waals surface area contributed by atoms with E-state index in [1.165, 1.54) is 13.4 Å². The van der Waals surface area contributed by atoms with Gasteiger partial charge in [-0.3, -0.25) is 0 Å². The minimum Gasteiger partial charge on any atom is -0.494 e. The molecule has 0 N–H and O–H groups in total. The normalized spacial score (nSPS) is 13.7. The van der Waals surface area contributed by atoms with Crippen molar-refractivity contribution in [3.63, 3.8) is 0 Å². The number of hydrogen-bond donors (Lipinski definition) is 0. The average molecular weight is 433 g/mol. The van der Waals surface area contributed by atoms with E-state index in [2.05, 4.69) is 0 Å². The number of carbonyl (C=O) groups excluding carboxylic acids is 1. The topological polar surface area (TPSA) is 78.9 Å². The Morgan fingerprint density at radius 2 is 1.77 bits per heavy atom. The fourth-order valence-electron chi connectivity index (χ4n) is 3.38. The molecular weight excluding hydrogens is 404 g/mol. The lowest BCUT2D eigenvalue weighted by molar-refractivity contribution is 0.0600. The molecule has 1 saturated carbocycles. The highest BCUT2D eigenvalue weighted by Gasteiger charge is 2.26. The van der Waals surface area contributed by atoms with Gasteiger partial charge in [-0.25, -0.2) is 13.2 Å². The maximum absolute atomic E-state index is 12.1. The largest absolute Gasteiger partial charge is 0.494 e. The summed E-state index contributed by atoms with van der Waals surface area (Å²) in [5.74, 6) is 1.15. The summed E-state index contributed by atoms with van der Waals surface area (Å²) in [5, 5.41) is 0. The zero-order valence-electron chi connectivity index (χ0n) is 17.9. The number of aryl methyl sites for hydroxylation is 2. The number of rotatable bonds is 9. The standard InChI is InChI=1S/C23H28O6S/c1-15-12-19(28-10-5-11-30(4,25)26)13-16(2)22(15)20-14-17(23(24)27-3)6-9-21(20)29-18-7-8-18/h6,9,12-14,18H,5,7-8,10-11H2,1-4H3. The Kier molecular flexibility index (Phi) is 6.71. The quantitative estimate of drug-likeness (QED) is 0.438. The predicted octanol–water partition coefficient (Wildman–Crippen LogP) is 4.11. The van der Waals surface area contributed by atoms with Crippen molar-refractivity contribution in [2.75, 3.05) is 25.7 Å². The van der Waals surface area contributed by atoms with Crippen LogP contribution in [0.2, 0.25) is 0 Å². The molecule has 30 heavy (non-hydrogen) atoms. The lowest BCUT2D eigenvalue weighted by Gasteiger charge is -2.18. The van der Waals surface area contributed by atoms with Crippen LogP contribution >= 0.6 is 0 Å². The number of hydrogen-bond acceptors (Lipinski definition) is 6. The molecule has 0 aliphatic heterocycles. The van der Waals surface area contributed by atoms with Crippen LogP contribution in [0, 0.1) is 13.8 Å². The molecule has 0 unspecified atom stereocenters. The van der Waals surface area contributed by atoms with Gasteiger partial charge in [-0.05, 0) is 80.1 Å². The molecule has 0 aromatic heterocycles. The molecule has 1 aliphatic carbocycles. The van der Waals surface area contributed by atoms with Crippen LogP contribution in [-0.4, -0.2) is 46.2 Å². The van der Waals surface area contributed by atoms with Gasteiger partial charge in [0.25, 0.3) is 0 Å². The summed E-state index contributed by atoms with van der Waals surface area (Å²) < 4.78 is 39.3. The highest BCUT2D eigenvalue weighted by atomic mass is 32.2. The van der Waals surface area contributed by atoms with Crippen LogP contribution in [0.4, 0.5) is 0 Å². The number of ether oxygens (including phenoxy) is 3. The Labute approximate surface area is 178 Å². The van der Waals surface area contributed by atoms with E-state index in [1.807, 2.05) is 38.1 Å². The molecule has 3 rings (SSSR count). The molecule has 1 aliphatic rings. The molecule has 0 heterocycles. The molecule has 162 valence electrons. The molecule has 0 atom stereocenters. The van der Waals surface area contributed by atoms with E-state index < -0.39 is 15.8 Å². The SMILES string of the molecule is COC(=O)c1ccc(OC2CC2)c(-c2c(C)cc(OCCCS(C)(=O)=O)cc2C)c1. The van der Waals surface area contributed by atoms with Crippen LogP contribution in [0.5, 0.6) is 11.5 Å². The Bertz CT molecular complexity index is 1010. The molecule has 2 aromatic rings. The highest BCUT2D eigenvalue weighted by molar-refractivity contribution is 7.90. The second kappa shape index (κ2) is 9.08. The molecule has 6 nitrogen and oxygen atoms in total. The summed E-state index contributed by atoms with van der Waals surface area (Å²) in [4.78, 5) is 12.1. The van der Waals surface area contributed by atoms with Crippen LogP contribution in [0.3, 0.4) is 0 Å². The summed E-state index contributed by atoms with van der Waals surface area (Å²) in [6.45, 7) is 4.30. The summed E-state index contributed by atoms with van der Waals surface area (Å²) in [7, 11) is -1.63. The number of sulfone groups is 1. The van der Waals surface area contributed by atoms with Gasteiger partial charge in [0.2, 0.25) is 0 Å². The molecule has 7 heteroatoms. The molecule has 1 fully saturated rings. The first kappa shape index (κ1) is 22.2. The number of methoxy groups -OCH3 is 1. The van der Waals surface area contributed by atoms with Gasteiger partial charge < -0.3 is 14.2 Å². The van der Waals surface area contributed by atoms with Crippen LogP contribution in [0.15, 0.2) is 30.3 Å². The molecule has 0 bridgehead atoms. The minimum atomic E-state index is -2.99. The molecular formula is C23H28O6S. The van der Waals surface area contributed by atoms with Crippen molar-refractivity contribution >= 4 is 15.8 Å². The van der Waals surface area contributed by atoms with Crippen molar-refractivity contribution in [2.45, 2.75) is 39.2 Å². The fourth-order valence-corrected chi connectivity index (χ4v) is 4.02. The van der Waals surface area contributed by atoms with Crippen molar-refractivity contribution in [1.82, 2.24) is 0 Å². The van der Waals surface area contributed by atoms with E-state index in [1.54, 1.807) is 6.07 Å². The third-order valence-corrected chi connectivity index (χ3v) is 5.95. The maximum atomic E-state index is 12.1. The molecule has 0 amide bonds. The second-order valence-corrected chi connectivity index (χ2v) is 10.0. The third-order valence-electron chi connectivity index (χ3n) is 4.92.